The van der Waals surface area contributed by atoms with Crippen LogP contribution in [0.15, 0.2) is 97.2 Å². The van der Waals surface area contributed by atoms with Crippen LogP contribution >= 0.6 is 0 Å². The lowest BCUT2D eigenvalue weighted by Gasteiger charge is -2.08. The predicted molar refractivity (Wildman–Crippen MR) is 98.9 cm³/mol. The molecule has 0 saturated heterocycles. The summed E-state index contributed by atoms with van der Waals surface area (Å²) in [6, 6.07) is 32.2. The van der Waals surface area contributed by atoms with Gasteiger partial charge in [0.1, 0.15) is 0 Å². The molecule has 0 spiro atoms. The van der Waals surface area contributed by atoms with E-state index in [0.29, 0.717) is 0 Å². The molecule has 0 amide bonds. The molecule has 0 aliphatic carbocycles. The van der Waals surface area contributed by atoms with Gasteiger partial charge < -0.3 is 0 Å². The summed E-state index contributed by atoms with van der Waals surface area (Å²) in [7, 11) is 0. The Kier molecular flexibility index (Phi) is 4.07. The van der Waals surface area contributed by atoms with E-state index in [1.807, 2.05) is 0 Å². The molecule has 0 fully saturated rings. The van der Waals surface area contributed by atoms with Gasteiger partial charge in [-0.2, -0.15) is 4.57 Å². The van der Waals surface area contributed by atoms with E-state index in [1.54, 1.807) is 0 Å². The number of hydrogen-bond acceptors (Lipinski definition) is 0. The van der Waals surface area contributed by atoms with Gasteiger partial charge in [0.2, 0.25) is 0 Å². The van der Waals surface area contributed by atoms with Crippen LogP contribution in [-0.4, -0.2) is 0 Å². The van der Waals surface area contributed by atoms with E-state index in [9.17, 15) is 0 Å². The molecule has 1 nitrogen and oxygen atoms in total. The summed E-state index contributed by atoms with van der Waals surface area (Å²) < 4.78 is 2.38. The first-order valence-electron chi connectivity index (χ1n) is 8.38. The van der Waals surface area contributed by atoms with Gasteiger partial charge in [0.15, 0.2) is 18.4 Å². The summed E-state index contributed by atoms with van der Waals surface area (Å²) in [5, 5.41) is 2.63. The van der Waals surface area contributed by atoms with Crippen molar-refractivity contribution >= 4 is 10.8 Å². The Morgan fingerprint density at radius 1 is 0.583 bits per heavy atom. The second-order valence-electron chi connectivity index (χ2n) is 6.13. The van der Waals surface area contributed by atoms with Gasteiger partial charge in [-0.15, -0.1) is 0 Å². The number of benzene rings is 3. The Hall–Kier alpha value is -2.93. The van der Waals surface area contributed by atoms with Crippen LogP contribution in [0.2, 0.25) is 0 Å². The molecule has 1 heteroatoms. The molecule has 116 valence electrons. The molecule has 0 aliphatic heterocycles. The van der Waals surface area contributed by atoms with Crippen molar-refractivity contribution in [3.8, 4) is 0 Å². The van der Waals surface area contributed by atoms with Crippen LogP contribution in [-0.2, 0) is 13.0 Å². The summed E-state index contributed by atoms with van der Waals surface area (Å²) in [4.78, 5) is 0. The lowest BCUT2D eigenvalue weighted by molar-refractivity contribution is -0.693. The van der Waals surface area contributed by atoms with Crippen LogP contribution in [0.25, 0.3) is 10.8 Å². The monoisotopic (exact) mass is 310 g/mol. The third-order valence-electron chi connectivity index (χ3n) is 4.46. The molecule has 0 saturated carbocycles. The third kappa shape index (κ3) is 3.07. The van der Waals surface area contributed by atoms with E-state index >= 15 is 0 Å². The number of aromatic nitrogens is 1. The van der Waals surface area contributed by atoms with Crippen molar-refractivity contribution in [2.24, 2.45) is 0 Å². The molecule has 1 aromatic heterocycles. The normalized spacial score (nSPS) is 10.8. The zero-order valence-corrected chi connectivity index (χ0v) is 13.6. The molecular formula is C23H20N+. The molecule has 3 aromatic carbocycles. The molecule has 24 heavy (non-hydrogen) atoms. The minimum atomic E-state index is 0.897. The second-order valence-corrected chi connectivity index (χ2v) is 6.13. The molecule has 0 unspecified atom stereocenters. The van der Waals surface area contributed by atoms with Crippen molar-refractivity contribution < 1.29 is 4.57 Å². The zero-order valence-electron chi connectivity index (χ0n) is 13.6. The van der Waals surface area contributed by atoms with Gasteiger partial charge in [-0.25, -0.2) is 0 Å². The standard InChI is InChI=1S/C23H20N/c1-3-9-19(10-4-1)17-23-22-14-8-7-13-21(22)15-16-24(23)18-20-11-5-2-6-12-20/h1-16H,17-18H2/q+1. The van der Waals surface area contributed by atoms with E-state index in [0.717, 1.165) is 13.0 Å². The lowest BCUT2D eigenvalue weighted by Crippen LogP contribution is -2.39. The minimum Gasteiger partial charge on any atom is -0.197 e. The highest BCUT2D eigenvalue weighted by atomic mass is 15.0. The van der Waals surface area contributed by atoms with Gasteiger partial charge in [-0.05, 0) is 17.0 Å². The fourth-order valence-electron chi connectivity index (χ4n) is 3.23. The summed E-state index contributed by atoms with van der Waals surface area (Å²) in [6.07, 6.45) is 3.16. The van der Waals surface area contributed by atoms with Gasteiger partial charge in [-0.3, -0.25) is 0 Å². The predicted octanol–water partition coefficient (Wildman–Crippen LogP) is 4.77. The Morgan fingerprint density at radius 2 is 1.21 bits per heavy atom. The summed E-state index contributed by atoms with van der Waals surface area (Å²) in [5.41, 5.74) is 4.03. The van der Waals surface area contributed by atoms with E-state index in [2.05, 4.69) is 102 Å². The molecule has 0 atom stereocenters. The fourth-order valence-corrected chi connectivity index (χ4v) is 3.23. The van der Waals surface area contributed by atoms with Gasteiger partial charge in [0.05, 0.1) is 6.42 Å². The number of fused-ring (bicyclic) bond motifs is 1. The maximum Gasteiger partial charge on any atom is 0.193 e. The minimum absolute atomic E-state index is 0.897. The van der Waals surface area contributed by atoms with Crippen LogP contribution in [0.1, 0.15) is 16.8 Å². The number of hydrogen-bond donors (Lipinski definition) is 0. The summed E-state index contributed by atoms with van der Waals surface area (Å²) >= 11 is 0. The Morgan fingerprint density at radius 3 is 1.96 bits per heavy atom. The van der Waals surface area contributed by atoms with Crippen LogP contribution in [0.3, 0.4) is 0 Å². The SMILES string of the molecule is c1ccc(Cc2c3ccccc3cc[n+]2Cc2ccccc2)cc1. The molecule has 0 aliphatic rings. The van der Waals surface area contributed by atoms with Gasteiger partial charge in [0.25, 0.3) is 0 Å². The Labute approximate surface area is 142 Å². The molecule has 4 aromatic rings. The highest BCUT2D eigenvalue weighted by Gasteiger charge is 2.16. The van der Waals surface area contributed by atoms with Gasteiger partial charge in [-0.1, -0.05) is 78.9 Å². The molecule has 0 bridgehead atoms. The topological polar surface area (TPSA) is 3.88 Å². The first kappa shape index (κ1) is 14.6. The largest absolute Gasteiger partial charge is 0.197 e. The van der Waals surface area contributed by atoms with Crippen molar-refractivity contribution in [1.82, 2.24) is 0 Å². The van der Waals surface area contributed by atoms with Crippen molar-refractivity contribution in [2.75, 3.05) is 0 Å². The Bertz CT molecular complexity index is 943. The quantitative estimate of drug-likeness (QED) is 0.478. The van der Waals surface area contributed by atoms with Crippen molar-refractivity contribution in [2.45, 2.75) is 13.0 Å². The van der Waals surface area contributed by atoms with Crippen molar-refractivity contribution in [3.05, 3.63) is 114 Å². The number of nitrogens with zero attached hydrogens (tertiary/aromatic N) is 1. The van der Waals surface area contributed by atoms with Crippen LogP contribution in [0, 0.1) is 0 Å². The maximum absolute atomic E-state index is 2.38. The average molecular weight is 310 g/mol. The van der Waals surface area contributed by atoms with E-state index in [-0.39, 0.29) is 0 Å². The first-order valence-corrected chi connectivity index (χ1v) is 8.38. The number of pyridine rings is 1. The molecule has 0 N–H and O–H groups in total. The Balaban J connectivity index is 1.82. The number of rotatable bonds is 4. The van der Waals surface area contributed by atoms with Crippen molar-refractivity contribution in [1.29, 1.82) is 0 Å². The van der Waals surface area contributed by atoms with E-state index in [1.165, 1.54) is 27.6 Å². The van der Waals surface area contributed by atoms with Gasteiger partial charge >= 0.3 is 0 Å². The maximum atomic E-state index is 2.38. The molecule has 4 rings (SSSR count). The highest BCUT2D eigenvalue weighted by Crippen LogP contribution is 2.18. The lowest BCUT2D eigenvalue weighted by atomic mass is 10.0. The smallest absolute Gasteiger partial charge is 0.193 e. The molecular weight excluding hydrogens is 290 g/mol. The summed E-state index contributed by atoms with van der Waals surface area (Å²) in [6.45, 7) is 0.897. The van der Waals surface area contributed by atoms with Crippen LogP contribution in [0.5, 0.6) is 0 Å². The van der Waals surface area contributed by atoms with Crippen LogP contribution < -0.4 is 4.57 Å². The third-order valence-corrected chi connectivity index (χ3v) is 4.46. The van der Waals surface area contributed by atoms with E-state index < -0.39 is 0 Å². The summed E-state index contributed by atoms with van der Waals surface area (Å²) in [5.74, 6) is 0. The van der Waals surface area contributed by atoms with E-state index in [4.69, 9.17) is 0 Å². The first-order chi connectivity index (χ1) is 11.9. The average Bonchev–Trinajstić information content (AvgIpc) is 2.65. The molecule has 0 radical (unpaired) electrons. The fraction of sp³-hybridized carbons (Fsp3) is 0.0870. The molecule has 1 heterocycles. The highest BCUT2D eigenvalue weighted by molar-refractivity contribution is 5.83. The second kappa shape index (κ2) is 6.67. The van der Waals surface area contributed by atoms with Crippen LogP contribution in [0.4, 0.5) is 0 Å². The van der Waals surface area contributed by atoms with Gasteiger partial charge in [0, 0.05) is 17.0 Å². The van der Waals surface area contributed by atoms with Crippen molar-refractivity contribution in [3.63, 3.8) is 0 Å². The zero-order chi connectivity index (χ0) is 16.2.